The summed E-state index contributed by atoms with van der Waals surface area (Å²) in [5.41, 5.74) is 6.51. The molecule has 0 radical (unpaired) electrons. The number of rotatable bonds is 9. The molecule has 6 heteroatoms. The summed E-state index contributed by atoms with van der Waals surface area (Å²) in [6, 6.07) is 15.9. The molecule has 0 aromatic heterocycles. The van der Waals surface area contributed by atoms with E-state index in [-0.39, 0.29) is 17.4 Å². The Bertz CT molecular complexity index is 793. The lowest BCUT2D eigenvalue weighted by molar-refractivity contribution is 0.0493. The van der Waals surface area contributed by atoms with Gasteiger partial charge in [0.2, 0.25) is 0 Å². The molecule has 2 aromatic rings. The van der Waals surface area contributed by atoms with Crippen LogP contribution in [0, 0.1) is 5.41 Å². The number of hydrogen-bond donors (Lipinski definition) is 4. The zero-order valence-corrected chi connectivity index (χ0v) is 19.0. The molecule has 0 saturated carbocycles. The molecule has 0 saturated heterocycles. The maximum atomic E-state index is 12.8. The highest BCUT2D eigenvalue weighted by Gasteiger charge is 2.23. The minimum Gasteiger partial charge on any atom is -0.336 e. The Kier molecular flexibility index (Phi) is 8.55. The molecule has 0 fully saturated rings. The Morgan fingerprint density at radius 1 is 1.03 bits per heavy atom. The maximum Gasteiger partial charge on any atom is 0.253 e. The van der Waals surface area contributed by atoms with Gasteiger partial charge in [-0.05, 0) is 48.2 Å². The van der Waals surface area contributed by atoms with E-state index in [9.17, 15) is 10.0 Å². The second kappa shape index (κ2) is 10.7. The Labute approximate surface area is 180 Å². The molecule has 2 rings (SSSR count). The van der Waals surface area contributed by atoms with Crippen LogP contribution in [-0.2, 0) is 6.54 Å². The quantitative estimate of drug-likeness (QED) is 0.375. The van der Waals surface area contributed by atoms with Crippen LogP contribution in [0.15, 0.2) is 48.5 Å². The standard InChI is InChI=1S/C24H36N4O2/c1-17(22(25-5)27-30)28(6)23(29)21-13-11-20(12-14-21)19-9-7-18(8-10-19)15-26-16-24(2,3)4/h7-14,17,22,25-27,30H,15-16H2,1-6H3. The number of nitrogens with one attached hydrogen (secondary N) is 3. The van der Waals surface area contributed by atoms with E-state index in [0.29, 0.717) is 5.56 Å². The highest BCUT2D eigenvalue weighted by Crippen LogP contribution is 2.21. The molecular weight excluding hydrogens is 376 g/mol. The number of benzene rings is 2. The van der Waals surface area contributed by atoms with Gasteiger partial charge < -0.3 is 20.7 Å². The number of carbonyl (C=O) groups is 1. The number of hydrogen-bond acceptors (Lipinski definition) is 5. The lowest BCUT2D eigenvalue weighted by atomic mass is 9.97. The molecule has 0 heterocycles. The number of amides is 1. The van der Waals surface area contributed by atoms with Crippen molar-refractivity contribution in [3.63, 3.8) is 0 Å². The minimum absolute atomic E-state index is 0.0928. The first kappa shape index (κ1) is 24.0. The van der Waals surface area contributed by atoms with Crippen LogP contribution in [-0.4, -0.2) is 48.9 Å². The van der Waals surface area contributed by atoms with Crippen molar-refractivity contribution < 1.29 is 10.0 Å². The van der Waals surface area contributed by atoms with Crippen molar-refractivity contribution in [2.45, 2.75) is 46.4 Å². The van der Waals surface area contributed by atoms with E-state index in [0.717, 1.165) is 24.2 Å². The van der Waals surface area contributed by atoms with Crippen molar-refractivity contribution in [1.29, 1.82) is 0 Å². The van der Waals surface area contributed by atoms with E-state index in [2.05, 4.69) is 61.2 Å². The third-order valence-electron chi connectivity index (χ3n) is 5.27. The Balaban J connectivity index is 2.02. The van der Waals surface area contributed by atoms with Crippen molar-refractivity contribution in [3.05, 3.63) is 59.7 Å². The van der Waals surface area contributed by atoms with E-state index in [1.54, 1.807) is 19.0 Å². The van der Waals surface area contributed by atoms with Gasteiger partial charge in [0.25, 0.3) is 5.91 Å². The molecule has 30 heavy (non-hydrogen) atoms. The highest BCUT2D eigenvalue weighted by molar-refractivity contribution is 5.94. The Morgan fingerprint density at radius 2 is 1.57 bits per heavy atom. The number of hydroxylamine groups is 1. The van der Waals surface area contributed by atoms with Gasteiger partial charge in [-0.15, -0.1) is 0 Å². The van der Waals surface area contributed by atoms with Gasteiger partial charge in [0.05, 0.1) is 6.04 Å². The van der Waals surface area contributed by atoms with Crippen LogP contribution in [0.2, 0.25) is 0 Å². The van der Waals surface area contributed by atoms with E-state index in [1.165, 1.54) is 5.56 Å². The van der Waals surface area contributed by atoms with Crippen LogP contribution in [0.5, 0.6) is 0 Å². The van der Waals surface area contributed by atoms with Crippen LogP contribution in [0.3, 0.4) is 0 Å². The van der Waals surface area contributed by atoms with Gasteiger partial charge in [-0.1, -0.05) is 57.2 Å². The summed E-state index contributed by atoms with van der Waals surface area (Å²) in [7, 11) is 3.46. The summed E-state index contributed by atoms with van der Waals surface area (Å²) in [6.07, 6.45) is -0.408. The van der Waals surface area contributed by atoms with Gasteiger partial charge in [-0.3, -0.25) is 4.79 Å². The predicted octanol–water partition coefficient (Wildman–Crippen LogP) is 3.47. The summed E-state index contributed by atoms with van der Waals surface area (Å²) in [5.74, 6) is -0.0928. The summed E-state index contributed by atoms with van der Waals surface area (Å²) in [5, 5.41) is 15.6. The zero-order valence-electron chi connectivity index (χ0n) is 19.0. The summed E-state index contributed by atoms with van der Waals surface area (Å²) in [4.78, 5) is 14.4. The first-order valence-corrected chi connectivity index (χ1v) is 10.4. The van der Waals surface area contributed by atoms with Crippen LogP contribution in [0.25, 0.3) is 11.1 Å². The van der Waals surface area contributed by atoms with Gasteiger partial charge in [-0.25, -0.2) is 0 Å². The normalized spacial score (nSPS) is 13.7. The highest BCUT2D eigenvalue weighted by atomic mass is 16.5. The summed E-state index contributed by atoms with van der Waals surface area (Å²) >= 11 is 0. The van der Waals surface area contributed by atoms with E-state index in [4.69, 9.17) is 0 Å². The molecule has 2 aromatic carbocycles. The van der Waals surface area contributed by atoms with Crippen molar-refractivity contribution in [3.8, 4) is 11.1 Å². The summed E-state index contributed by atoms with van der Waals surface area (Å²) < 4.78 is 0. The van der Waals surface area contributed by atoms with Gasteiger partial charge in [0, 0.05) is 25.7 Å². The van der Waals surface area contributed by atoms with E-state index in [1.807, 2.05) is 31.2 Å². The smallest absolute Gasteiger partial charge is 0.253 e. The topological polar surface area (TPSA) is 76.6 Å². The Hall–Kier alpha value is -2.25. The van der Waals surface area contributed by atoms with Gasteiger partial charge >= 0.3 is 0 Å². The monoisotopic (exact) mass is 412 g/mol. The largest absolute Gasteiger partial charge is 0.336 e. The van der Waals surface area contributed by atoms with Crippen LogP contribution in [0.1, 0.15) is 43.6 Å². The molecular formula is C24H36N4O2. The molecule has 4 N–H and O–H groups in total. The molecule has 164 valence electrons. The molecule has 0 aliphatic carbocycles. The fourth-order valence-corrected chi connectivity index (χ4v) is 3.23. The molecule has 0 spiro atoms. The van der Waals surface area contributed by atoms with Crippen molar-refractivity contribution in [1.82, 2.24) is 21.0 Å². The lowest BCUT2D eigenvalue weighted by Crippen LogP contribution is -2.54. The lowest BCUT2D eigenvalue weighted by Gasteiger charge is -2.31. The predicted molar refractivity (Wildman–Crippen MR) is 122 cm³/mol. The van der Waals surface area contributed by atoms with Gasteiger partial charge in [0.15, 0.2) is 0 Å². The SMILES string of the molecule is CNC(NO)C(C)N(C)C(=O)c1ccc(-c2ccc(CNCC(C)(C)C)cc2)cc1. The third kappa shape index (κ3) is 6.64. The first-order chi connectivity index (χ1) is 14.2. The summed E-state index contributed by atoms with van der Waals surface area (Å²) in [6.45, 7) is 10.4. The van der Waals surface area contributed by atoms with Crippen molar-refractivity contribution in [2.24, 2.45) is 5.41 Å². The average molecular weight is 413 g/mol. The van der Waals surface area contributed by atoms with E-state index < -0.39 is 6.17 Å². The maximum absolute atomic E-state index is 12.8. The number of nitrogens with zero attached hydrogens (tertiary/aromatic N) is 1. The molecule has 6 nitrogen and oxygen atoms in total. The van der Waals surface area contributed by atoms with Crippen molar-refractivity contribution in [2.75, 3.05) is 20.6 Å². The van der Waals surface area contributed by atoms with Gasteiger partial charge in [0.1, 0.15) is 6.17 Å². The molecule has 0 aliphatic rings. The Morgan fingerprint density at radius 3 is 2.03 bits per heavy atom. The zero-order chi connectivity index (χ0) is 22.3. The number of carbonyl (C=O) groups excluding carboxylic acids is 1. The molecule has 2 unspecified atom stereocenters. The fraction of sp³-hybridized carbons (Fsp3) is 0.458. The van der Waals surface area contributed by atoms with Crippen molar-refractivity contribution >= 4 is 5.91 Å². The fourth-order valence-electron chi connectivity index (χ4n) is 3.23. The van der Waals surface area contributed by atoms with E-state index >= 15 is 0 Å². The average Bonchev–Trinajstić information content (AvgIpc) is 2.73. The molecule has 2 atom stereocenters. The second-order valence-electron chi connectivity index (χ2n) is 8.99. The third-order valence-corrected chi connectivity index (χ3v) is 5.27. The van der Waals surface area contributed by atoms with Crippen LogP contribution in [0.4, 0.5) is 0 Å². The second-order valence-corrected chi connectivity index (χ2v) is 8.99. The van der Waals surface area contributed by atoms with Crippen LogP contribution < -0.4 is 16.1 Å². The number of likely N-dealkylation sites (N-methyl/N-ethyl adjacent to an activating group) is 2. The minimum atomic E-state index is -0.408. The molecule has 1 amide bonds. The molecule has 0 aliphatic heterocycles. The van der Waals surface area contributed by atoms with Crippen LogP contribution >= 0.6 is 0 Å². The first-order valence-electron chi connectivity index (χ1n) is 10.4. The van der Waals surface area contributed by atoms with Gasteiger partial charge in [-0.2, -0.15) is 5.48 Å². The molecule has 0 bridgehead atoms.